The first-order valence-electron chi connectivity index (χ1n) is 4.85. The molecule has 0 atom stereocenters. The second kappa shape index (κ2) is 3.34. The van der Waals surface area contributed by atoms with Crippen LogP contribution in [0.4, 0.5) is 0 Å². The van der Waals surface area contributed by atoms with Gasteiger partial charge in [0.05, 0.1) is 17.9 Å². The van der Waals surface area contributed by atoms with Gasteiger partial charge in [-0.1, -0.05) is 6.07 Å². The summed E-state index contributed by atoms with van der Waals surface area (Å²) in [4.78, 5) is 16.1. The van der Waals surface area contributed by atoms with E-state index in [1.165, 1.54) is 6.20 Å². The molecule has 0 amide bonds. The Morgan fingerprint density at radius 1 is 0.938 bits per heavy atom. The van der Waals surface area contributed by atoms with Crippen molar-refractivity contribution in [2.24, 2.45) is 0 Å². The van der Waals surface area contributed by atoms with E-state index in [1.54, 1.807) is 18.5 Å². The maximum atomic E-state index is 11.9. The highest BCUT2D eigenvalue weighted by Crippen LogP contribution is 2.20. The monoisotopic (exact) mass is 209 g/mol. The van der Waals surface area contributed by atoms with Crippen LogP contribution in [0.3, 0.4) is 0 Å². The van der Waals surface area contributed by atoms with E-state index in [0.717, 1.165) is 16.3 Å². The third kappa shape index (κ3) is 1.24. The average molecular weight is 209 g/mol. The van der Waals surface area contributed by atoms with Crippen molar-refractivity contribution in [1.29, 1.82) is 0 Å². The Morgan fingerprint density at radius 3 is 2.81 bits per heavy atom. The first-order chi connectivity index (χ1) is 7.86. The van der Waals surface area contributed by atoms with E-state index in [1.807, 2.05) is 18.2 Å². The molecule has 76 valence electrons. The number of hydrogen-bond donors (Lipinski definition) is 0. The molecule has 16 heavy (non-hydrogen) atoms. The summed E-state index contributed by atoms with van der Waals surface area (Å²) in [6, 6.07) is 7.38. The Hall–Kier alpha value is -2.36. The lowest BCUT2D eigenvalue weighted by Gasteiger charge is -1.94. The van der Waals surface area contributed by atoms with Gasteiger partial charge in [-0.25, -0.2) is 0 Å². The van der Waals surface area contributed by atoms with Crippen molar-refractivity contribution < 1.29 is 0 Å². The van der Waals surface area contributed by atoms with Crippen LogP contribution in [0.1, 0.15) is 0 Å². The molecule has 4 heteroatoms. The molecule has 0 radical (unpaired) electrons. The minimum Gasteiger partial charge on any atom is -0.287 e. The summed E-state index contributed by atoms with van der Waals surface area (Å²) < 4.78 is 0. The van der Waals surface area contributed by atoms with Crippen molar-refractivity contribution in [3.63, 3.8) is 0 Å². The smallest absolute Gasteiger partial charge is 0.207 e. The lowest BCUT2D eigenvalue weighted by molar-refractivity contribution is 1.04. The van der Waals surface area contributed by atoms with E-state index in [4.69, 9.17) is 0 Å². The Balaban J connectivity index is 2.69. The topological polar surface area (TPSA) is 55.7 Å². The third-order valence-electron chi connectivity index (χ3n) is 2.52. The summed E-state index contributed by atoms with van der Waals surface area (Å²) in [7, 11) is 0. The second-order valence-corrected chi connectivity index (χ2v) is 3.45. The van der Waals surface area contributed by atoms with Gasteiger partial charge in [0.25, 0.3) is 0 Å². The molecule has 0 bridgehead atoms. The van der Waals surface area contributed by atoms with Crippen molar-refractivity contribution in [3.8, 4) is 0 Å². The van der Waals surface area contributed by atoms with Crippen LogP contribution < -0.4 is 5.43 Å². The van der Waals surface area contributed by atoms with Crippen LogP contribution in [-0.2, 0) is 0 Å². The molecule has 0 aliphatic rings. The molecule has 0 aliphatic heterocycles. The molecule has 3 rings (SSSR count). The van der Waals surface area contributed by atoms with Gasteiger partial charge in [-0.15, -0.1) is 0 Å². The predicted molar refractivity (Wildman–Crippen MR) is 61.1 cm³/mol. The van der Waals surface area contributed by atoms with Crippen LogP contribution in [0.15, 0.2) is 47.7 Å². The molecule has 4 nitrogen and oxygen atoms in total. The number of aromatic nitrogens is 3. The predicted octanol–water partition coefficient (Wildman–Crippen LogP) is 1.54. The molecule has 0 N–H and O–H groups in total. The maximum Gasteiger partial charge on any atom is 0.207 e. The van der Waals surface area contributed by atoms with Gasteiger partial charge in [-0.2, -0.15) is 10.2 Å². The van der Waals surface area contributed by atoms with Crippen LogP contribution >= 0.6 is 0 Å². The largest absolute Gasteiger partial charge is 0.287 e. The fourth-order valence-electron chi connectivity index (χ4n) is 1.82. The van der Waals surface area contributed by atoms with Crippen molar-refractivity contribution in [2.75, 3.05) is 0 Å². The molecule has 0 aliphatic carbocycles. The van der Waals surface area contributed by atoms with Gasteiger partial charge in [0, 0.05) is 17.0 Å². The van der Waals surface area contributed by atoms with Gasteiger partial charge in [0.15, 0.2) is 0 Å². The Bertz CT molecular complexity index is 740. The van der Waals surface area contributed by atoms with Crippen LogP contribution in [-0.4, -0.2) is 15.2 Å². The molecule has 0 saturated heterocycles. The zero-order valence-corrected chi connectivity index (χ0v) is 8.29. The second-order valence-electron chi connectivity index (χ2n) is 3.45. The van der Waals surface area contributed by atoms with Crippen molar-refractivity contribution >= 4 is 21.7 Å². The molecule has 0 fully saturated rings. The lowest BCUT2D eigenvalue weighted by atomic mass is 10.1. The van der Waals surface area contributed by atoms with Crippen molar-refractivity contribution in [3.05, 3.63) is 53.1 Å². The summed E-state index contributed by atoms with van der Waals surface area (Å²) in [5, 5.41) is 9.70. The maximum absolute atomic E-state index is 11.9. The molecule has 0 spiro atoms. The van der Waals surface area contributed by atoms with E-state index in [0.29, 0.717) is 5.39 Å². The van der Waals surface area contributed by atoms with Crippen molar-refractivity contribution in [1.82, 2.24) is 15.2 Å². The van der Waals surface area contributed by atoms with Crippen LogP contribution in [0.5, 0.6) is 0 Å². The minimum atomic E-state index is -0.137. The fourth-order valence-corrected chi connectivity index (χ4v) is 1.82. The third-order valence-corrected chi connectivity index (χ3v) is 2.52. The summed E-state index contributed by atoms with van der Waals surface area (Å²) >= 11 is 0. The molecule has 2 heterocycles. The van der Waals surface area contributed by atoms with Crippen LogP contribution in [0.2, 0.25) is 0 Å². The van der Waals surface area contributed by atoms with E-state index < -0.39 is 0 Å². The van der Waals surface area contributed by atoms with Gasteiger partial charge in [0.1, 0.15) is 0 Å². The van der Waals surface area contributed by atoms with E-state index >= 15 is 0 Å². The van der Waals surface area contributed by atoms with Gasteiger partial charge in [-0.3, -0.25) is 9.78 Å². The van der Waals surface area contributed by atoms with Gasteiger partial charge >= 0.3 is 0 Å². The first kappa shape index (κ1) is 8.91. The first-order valence-corrected chi connectivity index (χ1v) is 4.85. The molecule has 0 saturated carbocycles. The highest BCUT2D eigenvalue weighted by molar-refractivity contribution is 6.05. The number of nitrogens with zero attached hydrogens (tertiary/aromatic N) is 3. The van der Waals surface area contributed by atoms with E-state index in [-0.39, 0.29) is 5.43 Å². The zero-order chi connectivity index (χ0) is 11.0. The number of rotatable bonds is 0. The normalized spacial score (nSPS) is 10.8. The number of benzene rings is 1. The van der Waals surface area contributed by atoms with Gasteiger partial charge in [-0.05, 0) is 23.6 Å². The summed E-state index contributed by atoms with van der Waals surface area (Å²) in [6.07, 6.45) is 4.50. The Morgan fingerprint density at radius 2 is 1.88 bits per heavy atom. The molecular weight excluding hydrogens is 202 g/mol. The Labute approximate surface area is 90.6 Å². The molecule has 3 aromatic rings. The summed E-state index contributed by atoms with van der Waals surface area (Å²) in [5.41, 5.74) is 0.688. The van der Waals surface area contributed by atoms with E-state index in [9.17, 15) is 4.79 Å². The molecule has 2 aromatic heterocycles. The van der Waals surface area contributed by atoms with Crippen LogP contribution in [0, 0.1) is 0 Å². The van der Waals surface area contributed by atoms with Gasteiger partial charge < -0.3 is 0 Å². The molecule has 1 aromatic carbocycles. The number of hydrogen-bond acceptors (Lipinski definition) is 4. The van der Waals surface area contributed by atoms with Crippen LogP contribution in [0.25, 0.3) is 21.7 Å². The highest BCUT2D eigenvalue weighted by Gasteiger charge is 2.03. The average Bonchev–Trinajstić information content (AvgIpc) is 2.72. The quantitative estimate of drug-likeness (QED) is 0.563. The van der Waals surface area contributed by atoms with Gasteiger partial charge in [0.2, 0.25) is 5.43 Å². The fraction of sp³-hybridized carbons (Fsp3) is 0. The highest BCUT2D eigenvalue weighted by atomic mass is 16.1. The SMILES string of the molecule is O=c1cnnccc2ccc3nccc3c12. The minimum absolute atomic E-state index is 0.137. The summed E-state index contributed by atoms with van der Waals surface area (Å²) in [5.74, 6) is 0. The number of fused-ring (bicyclic) bond motifs is 3. The zero-order valence-electron chi connectivity index (χ0n) is 8.29. The molecule has 0 unspecified atom stereocenters. The lowest BCUT2D eigenvalue weighted by Crippen LogP contribution is -1.99. The summed E-state index contributed by atoms with van der Waals surface area (Å²) in [6.45, 7) is 0. The van der Waals surface area contributed by atoms with E-state index in [2.05, 4.69) is 15.2 Å². The standard InChI is InChI=1S/C12H7N3O/c16-11-7-15-14-6-3-8-1-2-10-9(12(8)11)4-5-13-10/h1-7H. The Kier molecular flexibility index (Phi) is 1.86. The van der Waals surface area contributed by atoms with Crippen molar-refractivity contribution in [2.45, 2.75) is 0 Å². The molecular formula is C12H7N3O.